The molecule has 0 unspecified atom stereocenters. The number of hydrogen-bond donors (Lipinski definition) is 1. The minimum Gasteiger partial charge on any atom is -0.494 e. The number of esters is 1. The van der Waals surface area contributed by atoms with Crippen molar-refractivity contribution in [3.63, 3.8) is 0 Å². The molecule has 1 N–H and O–H groups in total. The lowest BCUT2D eigenvalue weighted by atomic mass is 10.0. The van der Waals surface area contributed by atoms with Crippen LogP contribution in [0.2, 0.25) is 0 Å². The van der Waals surface area contributed by atoms with Crippen molar-refractivity contribution >= 4 is 17.8 Å². The van der Waals surface area contributed by atoms with Crippen LogP contribution in [0, 0.1) is 6.92 Å². The fourth-order valence-corrected chi connectivity index (χ4v) is 3.63. The van der Waals surface area contributed by atoms with Gasteiger partial charge in [-0.05, 0) is 56.5 Å². The summed E-state index contributed by atoms with van der Waals surface area (Å²) in [6.07, 6.45) is 2.48. The molecule has 0 saturated carbocycles. The van der Waals surface area contributed by atoms with Gasteiger partial charge >= 0.3 is 5.97 Å². The Balaban J connectivity index is 1.37. The minimum absolute atomic E-state index is 0.0105. The van der Waals surface area contributed by atoms with Gasteiger partial charge in [-0.3, -0.25) is 14.4 Å². The van der Waals surface area contributed by atoms with Crippen molar-refractivity contribution in [3.05, 3.63) is 59.7 Å². The predicted molar refractivity (Wildman–Crippen MR) is 121 cm³/mol. The Bertz CT molecular complexity index is 934. The molecule has 7 nitrogen and oxygen atoms in total. The van der Waals surface area contributed by atoms with Crippen LogP contribution in [0.1, 0.15) is 48.5 Å². The van der Waals surface area contributed by atoms with E-state index in [1.54, 1.807) is 29.2 Å². The molecule has 1 fully saturated rings. The first-order valence-electron chi connectivity index (χ1n) is 11.0. The molecule has 0 atom stereocenters. The van der Waals surface area contributed by atoms with Crippen LogP contribution in [0.25, 0.3) is 0 Å². The Kier molecular flexibility index (Phi) is 8.25. The number of carbonyl (C=O) groups is 3. The molecule has 32 heavy (non-hydrogen) atoms. The summed E-state index contributed by atoms with van der Waals surface area (Å²) in [5.41, 5.74) is 1.67. The van der Waals surface area contributed by atoms with Crippen LogP contribution in [-0.4, -0.2) is 48.4 Å². The van der Waals surface area contributed by atoms with E-state index in [4.69, 9.17) is 9.47 Å². The average Bonchev–Trinajstić information content (AvgIpc) is 2.78. The fraction of sp³-hybridized carbons (Fsp3) is 0.400. The summed E-state index contributed by atoms with van der Waals surface area (Å²) in [5, 5.41) is 3.07. The molecule has 1 aliphatic heterocycles. The molecule has 0 bridgehead atoms. The highest BCUT2D eigenvalue weighted by Crippen LogP contribution is 2.18. The van der Waals surface area contributed by atoms with Crippen LogP contribution < -0.4 is 14.8 Å². The number of nitrogens with one attached hydrogen (secondary N) is 1. The molecular formula is C25H30N2O5. The summed E-state index contributed by atoms with van der Waals surface area (Å²) in [5.74, 6) is 0.657. The van der Waals surface area contributed by atoms with Crippen molar-refractivity contribution in [3.8, 4) is 11.5 Å². The van der Waals surface area contributed by atoms with E-state index in [1.165, 1.54) is 12.5 Å². The van der Waals surface area contributed by atoms with Crippen LogP contribution in [0.15, 0.2) is 48.5 Å². The third-order valence-electron chi connectivity index (χ3n) is 5.33. The smallest absolute Gasteiger partial charge is 0.308 e. The normalized spacial score (nSPS) is 14.0. The van der Waals surface area contributed by atoms with Gasteiger partial charge in [-0.1, -0.05) is 23.8 Å². The lowest BCUT2D eigenvalue weighted by molar-refractivity contribution is -0.132. The highest BCUT2D eigenvalue weighted by molar-refractivity contribution is 5.94. The Morgan fingerprint density at radius 1 is 1.03 bits per heavy atom. The van der Waals surface area contributed by atoms with Gasteiger partial charge in [0, 0.05) is 38.0 Å². The number of likely N-dealkylation sites (tertiary alicyclic amines) is 1. The summed E-state index contributed by atoms with van der Waals surface area (Å²) in [6, 6.07) is 14.5. The Hall–Kier alpha value is -3.35. The number of carbonyl (C=O) groups excluding carboxylic acids is 3. The molecule has 3 rings (SSSR count). The van der Waals surface area contributed by atoms with Crippen molar-refractivity contribution in [1.29, 1.82) is 0 Å². The van der Waals surface area contributed by atoms with Gasteiger partial charge in [0.1, 0.15) is 11.5 Å². The lowest BCUT2D eigenvalue weighted by Crippen LogP contribution is -2.46. The summed E-state index contributed by atoms with van der Waals surface area (Å²) in [4.78, 5) is 37.9. The van der Waals surface area contributed by atoms with Crippen LogP contribution in [0.5, 0.6) is 11.5 Å². The first kappa shape index (κ1) is 23.3. The van der Waals surface area contributed by atoms with Crippen molar-refractivity contribution in [2.75, 3.05) is 19.7 Å². The van der Waals surface area contributed by atoms with Crippen molar-refractivity contribution in [2.24, 2.45) is 0 Å². The van der Waals surface area contributed by atoms with Crippen LogP contribution in [0.3, 0.4) is 0 Å². The zero-order valence-electron chi connectivity index (χ0n) is 18.6. The largest absolute Gasteiger partial charge is 0.494 e. The molecule has 0 aromatic heterocycles. The SMILES string of the molecule is CC(=O)Oc1cccc(C(=O)N2CCC(NC(=O)CCCOc3ccc(C)cc3)CC2)c1. The van der Waals surface area contributed by atoms with Gasteiger partial charge in [0.15, 0.2) is 0 Å². The molecule has 170 valence electrons. The molecular weight excluding hydrogens is 408 g/mol. The second-order valence-electron chi connectivity index (χ2n) is 8.02. The standard InChI is InChI=1S/C25H30N2O5/c1-18-8-10-22(11-9-18)31-16-4-7-24(29)26-21-12-14-27(15-13-21)25(30)20-5-3-6-23(17-20)32-19(2)28/h3,5-6,8-11,17,21H,4,7,12-16H2,1-2H3,(H,26,29). The van der Waals surface area contributed by atoms with Gasteiger partial charge in [-0.25, -0.2) is 0 Å². The number of nitrogens with zero attached hydrogens (tertiary/aromatic N) is 1. The third kappa shape index (κ3) is 7.11. The molecule has 2 amide bonds. The van der Waals surface area contributed by atoms with Gasteiger partial charge in [0.25, 0.3) is 5.91 Å². The number of aryl methyl sites for hydroxylation is 1. The second-order valence-corrected chi connectivity index (χ2v) is 8.02. The van der Waals surface area contributed by atoms with Crippen molar-refractivity contribution < 1.29 is 23.9 Å². The molecule has 0 spiro atoms. The number of amides is 2. The molecule has 0 radical (unpaired) electrons. The molecule has 2 aromatic carbocycles. The molecule has 7 heteroatoms. The van der Waals surface area contributed by atoms with Gasteiger partial charge in [-0.2, -0.15) is 0 Å². The average molecular weight is 439 g/mol. The second kappa shape index (κ2) is 11.3. The summed E-state index contributed by atoms with van der Waals surface area (Å²) < 4.78 is 10.7. The van der Waals surface area contributed by atoms with Crippen molar-refractivity contribution in [2.45, 2.75) is 45.6 Å². The molecule has 2 aromatic rings. The maximum absolute atomic E-state index is 12.8. The zero-order valence-corrected chi connectivity index (χ0v) is 18.6. The Morgan fingerprint density at radius 3 is 2.44 bits per heavy atom. The van der Waals surface area contributed by atoms with Gasteiger partial charge in [0.2, 0.25) is 5.91 Å². The summed E-state index contributed by atoms with van der Waals surface area (Å²) in [7, 11) is 0. The fourth-order valence-electron chi connectivity index (χ4n) is 3.63. The van der Waals surface area contributed by atoms with E-state index >= 15 is 0 Å². The monoisotopic (exact) mass is 438 g/mol. The maximum atomic E-state index is 12.8. The van der Waals surface area contributed by atoms with Gasteiger partial charge < -0.3 is 19.7 Å². The van der Waals surface area contributed by atoms with E-state index in [0.29, 0.717) is 56.7 Å². The van der Waals surface area contributed by atoms with E-state index in [2.05, 4.69) is 5.32 Å². The number of piperidine rings is 1. The molecule has 0 aliphatic carbocycles. The minimum atomic E-state index is -0.423. The van der Waals surface area contributed by atoms with Crippen LogP contribution in [-0.2, 0) is 9.59 Å². The third-order valence-corrected chi connectivity index (χ3v) is 5.33. The maximum Gasteiger partial charge on any atom is 0.308 e. The molecule has 1 aliphatic rings. The van der Waals surface area contributed by atoms with Crippen LogP contribution >= 0.6 is 0 Å². The Labute approximate surface area is 188 Å². The van der Waals surface area contributed by atoms with E-state index < -0.39 is 5.97 Å². The first-order valence-corrected chi connectivity index (χ1v) is 11.0. The van der Waals surface area contributed by atoms with Crippen LogP contribution in [0.4, 0.5) is 0 Å². The Morgan fingerprint density at radius 2 is 1.75 bits per heavy atom. The molecule has 1 saturated heterocycles. The summed E-state index contributed by atoms with van der Waals surface area (Å²) >= 11 is 0. The number of hydrogen-bond acceptors (Lipinski definition) is 5. The quantitative estimate of drug-likeness (QED) is 0.387. The highest BCUT2D eigenvalue weighted by Gasteiger charge is 2.24. The number of rotatable bonds is 8. The van der Waals surface area contributed by atoms with Gasteiger partial charge in [-0.15, -0.1) is 0 Å². The van der Waals surface area contributed by atoms with E-state index in [9.17, 15) is 14.4 Å². The zero-order chi connectivity index (χ0) is 22.9. The topological polar surface area (TPSA) is 84.9 Å². The number of ether oxygens (including phenoxy) is 2. The van der Waals surface area contributed by atoms with Gasteiger partial charge in [0.05, 0.1) is 6.61 Å². The highest BCUT2D eigenvalue weighted by atomic mass is 16.5. The van der Waals surface area contributed by atoms with Crippen molar-refractivity contribution in [1.82, 2.24) is 10.2 Å². The molecule has 1 heterocycles. The van der Waals surface area contributed by atoms with E-state index in [0.717, 1.165) is 5.75 Å². The van der Waals surface area contributed by atoms with E-state index in [-0.39, 0.29) is 17.9 Å². The number of benzene rings is 2. The predicted octanol–water partition coefficient (Wildman–Crippen LogP) is 3.50. The first-order chi connectivity index (χ1) is 15.4. The summed E-state index contributed by atoms with van der Waals surface area (Å²) in [6.45, 7) is 4.98. The van der Waals surface area contributed by atoms with E-state index in [1.807, 2.05) is 31.2 Å². The lowest BCUT2D eigenvalue weighted by Gasteiger charge is -2.32.